The number of benzene rings is 1. The lowest BCUT2D eigenvalue weighted by atomic mass is 10.2. The zero-order valence-electron chi connectivity index (χ0n) is 9.08. The Morgan fingerprint density at radius 2 is 2.11 bits per heavy atom. The number of carboxylic acids is 1. The van der Waals surface area contributed by atoms with Crippen molar-refractivity contribution in [1.29, 1.82) is 0 Å². The summed E-state index contributed by atoms with van der Waals surface area (Å²) < 4.78 is 42.7. The van der Waals surface area contributed by atoms with Gasteiger partial charge < -0.3 is 9.84 Å². The fourth-order valence-electron chi connectivity index (χ4n) is 1.25. The van der Waals surface area contributed by atoms with Crippen LogP contribution in [0.1, 0.15) is 12.0 Å². The molecule has 1 N–H and O–H groups in total. The molecular formula is C11H10BrF3O3. The molecule has 0 fully saturated rings. The van der Waals surface area contributed by atoms with Gasteiger partial charge in [-0.05, 0) is 17.7 Å². The maximum absolute atomic E-state index is 12.5. The third kappa shape index (κ3) is 5.05. The van der Waals surface area contributed by atoms with Gasteiger partial charge in [-0.15, -0.1) is 0 Å². The van der Waals surface area contributed by atoms with Crippen molar-refractivity contribution in [2.24, 2.45) is 0 Å². The van der Waals surface area contributed by atoms with Gasteiger partial charge in [0.25, 0.3) is 0 Å². The smallest absolute Gasteiger partial charge is 0.415 e. The molecule has 1 unspecified atom stereocenters. The number of hydrogen-bond donors (Lipinski definition) is 1. The van der Waals surface area contributed by atoms with Gasteiger partial charge in [-0.2, -0.15) is 13.2 Å². The molecule has 0 saturated heterocycles. The summed E-state index contributed by atoms with van der Waals surface area (Å²) in [5.74, 6) is -1.55. The molecule has 0 spiro atoms. The van der Waals surface area contributed by atoms with Crippen LogP contribution in [0.25, 0.3) is 0 Å². The van der Waals surface area contributed by atoms with E-state index in [9.17, 15) is 18.0 Å². The van der Waals surface area contributed by atoms with Gasteiger partial charge >= 0.3 is 12.1 Å². The van der Waals surface area contributed by atoms with Crippen LogP contribution in [-0.2, 0) is 16.1 Å². The molecule has 1 rings (SSSR count). The van der Waals surface area contributed by atoms with Gasteiger partial charge in [0.1, 0.15) is 0 Å². The van der Waals surface area contributed by atoms with Crippen molar-refractivity contribution < 1.29 is 27.8 Å². The lowest BCUT2D eigenvalue weighted by Crippen LogP contribution is -2.33. The first-order chi connectivity index (χ1) is 8.29. The summed E-state index contributed by atoms with van der Waals surface area (Å²) in [6.07, 6.45) is -8.09. The Morgan fingerprint density at radius 1 is 1.44 bits per heavy atom. The number of alkyl halides is 3. The molecule has 1 aromatic carbocycles. The molecule has 0 heterocycles. The minimum absolute atomic E-state index is 0.295. The normalized spacial score (nSPS) is 13.3. The topological polar surface area (TPSA) is 46.5 Å². The molecule has 1 atom stereocenters. The predicted molar refractivity (Wildman–Crippen MR) is 61.0 cm³/mol. The molecule has 0 radical (unpaired) electrons. The lowest BCUT2D eigenvalue weighted by Gasteiger charge is -2.19. The summed E-state index contributed by atoms with van der Waals surface area (Å²) in [5.41, 5.74) is 0.531. The maximum atomic E-state index is 12.5. The van der Waals surface area contributed by atoms with Crippen molar-refractivity contribution in [3.63, 3.8) is 0 Å². The van der Waals surface area contributed by atoms with Crippen LogP contribution in [0.2, 0.25) is 0 Å². The van der Waals surface area contributed by atoms with Crippen LogP contribution in [-0.4, -0.2) is 23.4 Å². The van der Waals surface area contributed by atoms with E-state index in [-0.39, 0.29) is 6.61 Å². The summed E-state index contributed by atoms with van der Waals surface area (Å²) in [6, 6.07) is 6.58. The van der Waals surface area contributed by atoms with Gasteiger partial charge in [-0.1, -0.05) is 28.1 Å². The summed E-state index contributed by atoms with van der Waals surface area (Å²) in [7, 11) is 0. The van der Waals surface area contributed by atoms with Crippen LogP contribution in [0.15, 0.2) is 28.7 Å². The first kappa shape index (κ1) is 15.0. The number of aliphatic carboxylic acids is 1. The number of ether oxygens (including phenoxy) is 1. The molecule has 0 aliphatic heterocycles. The van der Waals surface area contributed by atoms with E-state index in [1.54, 1.807) is 24.3 Å². The molecule has 3 nitrogen and oxygen atoms in total. The van der Waals surface area contributed by atoms with Crippen molar-refractivity contribution in [3.8, 4) is 0 Å². The summed E-state index contributed by atoms with van der Waals surface area (Å²) in [5, 5.41) is 8.40. The van der Waals surface area contributed by atoms with Crippen molar-refractivity contribution in [2.75, 3.05) is 0 Å². The van der Waals surface area contributed by atoms with Crippen LogP contribution < -0.4 is 0 Å². The zero-order valence-corrected chi connectivity index (χ0v) is 10.7. The van der Waals surface area contributed by atoms with Crippen molar-refractivity contribution >= 4 is 21.9 Å². The average Bonchev–Trinajstić information content (AvgIpc) is 2.22. The van der Waals surface area contributed by atoms with E-state index in [1.807, 2.05) is 0 Å². The van der Waals surface area contributed by atoms with Gasteiger partial charge in [-0.25, -0.2) is 0 Å². The van der Waals surface area contributed by atoms with Gasteiger partial charge in [0.15, 0.2) is 6.10 Å². The maximum Gasteiger partial charge on any atom is 0.415 e. The third-order valence-corrected chi connectivity index (χ3v) is 2.56. The first-order valence-corrected chi connectivity index (χ1v) is 5.73. The number of rotatable bonds is 5. The number of hydrogen-bond acceptors (Lipinski definition) is 2. The minimum atomic E-state index is -4.69. The second kappa shape index (κ2) is 6.19. The van der Waals surface area contributed by atoms with Crippen LogP contribution in [0.5, 0.6) is 0 Å². The Bertz CT molecular complexity index is 420. The monoisotopic (exact) mass is 326 g/mol. The first-order valence-electron chi connectivity index (χ1n) is 4.93. The largest absolute Gasteiger partial charge is 0.481 e. The van der Waals surface area contributed by atoms with Crippen LogP contribution in [0.3, 0.4) is 0 Å². The van der Waals surface area contributed by atoms with E-state index >= 15 is 0 Å². The Hall–Kier alpha value is -1.08. The molecule has 7 heteroatoms. The Morgan fingerprint density at radius 3 is 2.61 bits per heavy atom. The predicted octanol–water partition coefficient (Wildman–Crippen LogP) is 3.37. The number of carboxylic acid groups (broad SMARTS) is 1. The van der Waals surface area contributed by atoms with Crippen molar-refractivity contribution in [1.82, 2.24) is 0 Å². The highest BCUT2D eigenvalue weighted by atomic mass is 79.9. The fraction of sp³-hybridized carbons (Fsp3) is 0.364. The lowest BCUT2D eigenvalue weighted by molar-refractivity contribution is -0.227. The van der Waals surface area contributed by atoms with Crippen LogP contribution in [0, 0.1) is 0 Å². The highest BCUT2D eigenvalue weighted by Crippen LogP contribution is 2.26. The third-order valence-electron chi connectivity index (χ3n) is 2.07. The van der Waals surface area contributed by atoms with Gasteiger partial charge in [0, 0.05) is 4.47 Å². The molecule has 0 amide bonds. The molecule has 0 aliphatic carbocycles. The average molecular weight is 327 g/mol. The van der Waals surface area contributed by atoms with Gasteiger partial charge in [0.2, 0.25) is 0 Å². The number of halogens is 4. The van der Waals surface area contributed by atoms with E-state index in [2.05, 4.69) is 20.7 Å². The van der Waals surface area contributed by atoms with Crippen molar-refractivity contribution in [2.45, 2.75) is 25.3 Å². The molecule has 0 saturated carbocycles. The van der Waals surface area contributed by atoms with Gasteiger partial charge in [-0.3, -0.25) is 4.79 Å². The van der Waals surface area contributed by atoms with E-state index in [1.165, 1.54) is 0 Å². The molecule has 18 heavy (non-hydrogen) atoms. The molecular weight excluding hydrogens is 317 g/mol. The van der Waals surface area contributed by atoms with E-state index in [4.69, 9.17) is 5.11 Å². The van der Waals surface area contributed by atoms with Crippen LogP contribution in [0.4, 0.5) is 13.2 Å². The van der Waals surface area contributed by atoms with E-state index in [0.717, 1.165) is 0 Å². The highest BCUT2D eigenvalue weighted by Gasteiger charge is 2.42. The Kier molecular flexibility index (Phi) is 5.15. The fourth-order valence-corrected chi connectivity index (χ4v) is 1.70. The van der Waals surface area contributed by atoms with E-state index in [0.29, 0.717) is 10.0 Å². The number of carbonyl (C=O) groups is 1. The standard InChI is InChI=1S/C11H10BrF3O3/c12-8-3-1-2-7(4-8)6-18-9(5-10(16)17)11(13,14)15/h1-4,9H,5-6H2,(H,16,17). The second-order valence-corrected chi connectivity index (χ2v) is 4.48. The quantitative estimate of drug-likeness (QED) is 0.902. The summed E-state index contributed by atoms with van der Waals surface area (Å²) in [6.45, 7) is -0.295. The molecule has 1 aromatic rings. The second-order valence-electron chi connectivity index (χ2n) is 3.57. The molecule has 0 aliphatic rings. The van der Waals surface area contributed by atoms with Crippen molar-refractivity contribution in [3.05, 3.63) is 34.3 Å². The summed E-state index contributed by atoms with van der Waals surface area (Å²) >= 11 is 3.18. The Balaban J connectivity index is 2.65. The minimum Gasteiger partial charge on any atom is -0.481 e. The van der Waals surface area contributed by atoms with Crippen LogP contribution >= 0.6 is 15.9 Å². The molecule has 100 valence electrons. The highest BCUT2D eigenvalue weighted by molar-refractivity contribution is 9.10. The summed E-state index contributed by atoms with van der Waals surface area (Å²) in [4.78, 5) is 10.3. The molecule has 0 aromatic heterocycles. The van der Waals surface area contributed by atoms with Gasteiger partial charge in [0.05, 0.1) is 13.0 Å². The molecule has 0 bridgehead atoms. The zero-order chi connectivity index (χ0) is 13.8. The van der Waals surface area contributed by atoms with E-state index < -0.39 is 24.7 Å². The SMILES string of the molecule is O=C(O)CC(OCc1cccc(Br)c1)C(F)(F)F. The Labute approximate surface area is 110 Å².